The van der Waals surface area contributed by atoms with Crippen molar-refractivity contribution in [1.29, 1.82) is 0 Å². The summed E-state index contributed by atoms with van der Waals surface area (Å²) in [5, 5.41) is 0. The molecule has 0 fully saturated rings. The molecule has 0 radical (unpaired) electrons. The van der Waals surface area contributed by atoms with Crippen LogP contribution >= 0.6 is 0 Å². The molecule has 0 N–H and O–H groups in total. The van der Waals surface area contributed by atoms with Crippen LogP contribution in [0.25, 0.3) is 0 Å². The van der Waals surface area contributed by atoms with Gasteiger partial charge in [-0.15, -0.1) is 0 Å². The van der Waals surface area contributed by atoms with Crippen molar-refractivity contribution in [1.82, 2.24) is 0 Å². The molecule has 20 heavy (non-hydrogen) atoms. The quantitative estimate of drug-likeness (QED) is 0.424. The minimum Gasteiger partial charge on any atom is -0.466 e. The number of hydrogen-bond acceptors (Lipinski definition) is 2. The first-order valence-corrected chi connectivity index (χ1v) is 8.02. The molecule has 0 aromatic heterocycles. The van der Waals surface area contributed by atoms with Crippen LogP contribution in [-0.4, -0.2) is 12.6 Å². The molecule has 0 bridgehead atoms. The van der Waals surface area contributed by atoms with E-state index in [0.717, 1.165) is 25.7 Å². The van der Waals surface area contributed by atoms with Gasteiger partial charge in [0.05, 0.1) is 6.61 Å². The maximum atomic E-state index is 11.5. The Morgan fingerprint density at radius 1 is 0.950 bits per heavy atom. The summed E-state index contributed by atoms with van der Waals surface area (Å²) in [5.41, 5.74) is 1.31. The lowest BCUT2D eigenvalue weighted by Gasteiger charge is -2.05. The van der Waals surface area contributed by atoms with E-state index in [9.17, 15) is 4.79 Å². The van der Waals surface area contributed by atoms with Crippen molar-refractivity contribution >= 4 is 5.97 Å². The molecule has 2 nitrogen and oxygen atoms in total. The minimum atomic E-state index is -0.0337. The standard InChI is InChI=1S/C18H28O2/c1-2-3-4-5-6-10-15-18(19)20-16-11-14-17-12-8-7-9-13-17/h7-9,12-13H,2-6,10-11,14-16H2,1H3. The van der Waals surface area contributed by atoms with Crippen LogP contribution in [0.4, 0.5) is 0 Å². The van der Waals surface area contributed by atoms with E-state index in [2.05, 4.69) is 19.1 Å². The molecular formula is C18H28O2. The molecule has 0 aliphatic heterocycles. The second-order valence-corrected chi connectivity index (χ2v) is 5.33. The van der Waals surface area contributed by atoms with Crippen LogP contribution in [0.3, 0.4) is 0 Å². The first kappa shape index (κ1) is 16.7. The molecule has 0 saturated heterocycles. The average molecular weight is 276 g/mol. The lowest BCUT2D eigenvalue weighted by Crippen LogP contribution is -2.06. The Bertz CT molecular complexity index is 346. The van der Waals surface area contributed by atoms with Crippen molar-refractivity contribution in [2.24, 2.45) is 0 Å². The molecule has 2 heteroatoms. The summed E-state index contributed by atoms with van der Waals surface area (Å²) in [5.74, 6) is -0.0337. The molecule has 0 atom stereocenters. The third kappa shape index (κ3) is 8.73. The molecule has 0 heterocycles. The molecule has 1 rings (SSSR count). The van der Waals surface area contributed by atoms with Crippen molar-refractivity contribution in [3.8, 4) is 0 Å². The van der Waals surface area contributed by atoms with Crippen LogP contribution < -0.4 is 0 Å². The van der Waals surface area contributed by atoms with Gasteiger partial charge in [0.1, 0.15) is 0 Å². The number of hydrogen-bond donors (Lipinski definition) is 0. The highest BCUT2D eigenvalue weighted by Crippen LogP contribution is 2.08. The Morgan fingerprint density at radius 3 is 2.40 bits per heavy atom. The van der Waals surface area contributed by atoms with Crippen LogP contribution in [0.5, 0.6) is 0 Å². The normalized spacial score (nSPS) is 10.4. The maximum Gasteiger partial charge on any atom is 0.305 e. The Hall–Kier alpha value is -1.31. The van der Waals surface area contributed by atoms with Gasteiger partial charge in [-0.3, -0.25) is 4.79 Å². The first-order chi connectivity index (χ1) is 9.83. The van der Waals surface area contributed by atoms with Crippen molar-refractivity contribution < 1.29 is 9.53 Å². The summed E-state index contributed by atoms with van der Waals surface area (Å²) < 4.78 is 5.25. The van der Waals surface area contributed by atoms with Gasteiger partial charge in [-0.1, -0.05) is 69.4 Å². The molecule has 0 spiro atoms. The predicted molar refractivity (Wildman–Crippen MR) is 83.7 cm³/mol. The van der Waals surface area contributed by atoms with Crippen LogP contribution in [0.2, 0.25) is 0 Å². The molecule has 0 amide bonds. The van der Waals surface area contributed by atoms with Gasteiger partial charge >= 0.3 is 5.97 Å². The van der Waals surface area contributed by atoms with Gasteiger partial charge in [0.25, 0.3) is 0 Å². The summed E-state index contributed by atoms with van der Waals surface area (Å²) in [7, 11) is 0. The SMILES string of the molecule is CCCCCCCCC(=O)OCCCc1ccccc1. The topological polar surface area (TPSA) is 26.3 Å². The van der Waals surface area contributed by atoms with Gasteiger partial charge in [-0.2, -0.15) is 0 Å². The Kier molecular flexibility index (Phi) is 9.64. The van der Waals surface area contributed by atoms with Crippen molar-refractivity contribution in [3.63, 3.8) is 0 Å². The highest BCUT2D eigenvalue weighted by Gasteiger charge is 2.02. The lowest BCUT2D eigenvalue weighted by atomic mass is 10.1. The zero-order valence-electron chi connectivity index (χ0n) is 12.8. The summed E-state index contributed by atoms with van der Waals surface area (Å²) in [4.78, 5) is 11.5. The van der Waals surface area contributed by atoms with E-state index in [1.54, 1.807) is 0 Å². The van der Waals surface area contributed by atoms with E-state index in [-0.39, 0.29) is 5.97 Å². The van der Waals surface area contributed by atoms with E-state index in [1.165, 1.54) is 31.2 Å². The molecule has 0 aliphatic rings. The van der Waals surface area contributed by atoms with Gasteiger partial charge in [-0.25, -0.2) is 0 Å². The van der Waals surface area contributed by atoms with Crippen molar-refractivity contribution in [3.05, 3.63) is 35.9 Å². The van der Waals surface area contributed by atoms with Gasteiger partial charge in [0.15, 0.2) is 0 Å². The first-order valence-electron chi connectivity index (χ1n) is 8.02. The Morgan fingerprint density at radius 2 is 1.65 bits per heavy atom. The van der Waals surface area contributed by atoms with Crippen LogP contribution in [0.1, 0.15) is 63.9 Å². The molecule has 1 aromatic rings. The minimum absolute atomic E-state index is 0.0337. The molecular weight excluding hydrogens is 248 g/mol. The molecule has 0 unspecified atom stereocenters. The number of carbonyl (C=O) groups excluding carboxylic acids is 1. The second kappa shape index (κ2) is 11.5. The molecule has 112 valence electrons. The fourth-order valence-corrected chi connectivity index (χ4v) is 2.23. The van der Waals surface area contributed by atoms with E-state index < -0.39 is 0 Å². The predicted octanol–water partition coefficient (Wildman–Crippen LogP) is 4.91. The highest BCUT2D eigenvalue weighted by atomic mass is 16.5. The van der Waals surface area contributed by atoms with E-state index >= 15 is 0 Å². The Labute approximate surface area is 123 Å². The number of benzene rings is 1. The highest BCUT2D eigenvalue weighted by molar-refractivity contribution is 5.69. The fraction of sp³-hybridized carbons (Fsp3) is 0.611. The molecule has 0 aliphatic carbocycles. The van der Waals surface area contributed by atoms with Gasteiger partial charge in [-0.05, 0) is 24.8 Å². The zero-order chi connectivity index (χ0) is 14.5. The summed E-state index contributed by atoms with van der Waals surface area (Å²) in [6.07, 6.45) is 9.71. The van der Waals surface area contributed by atoms with Crippen LogP contribution in [0, 0.1) is 0 Å². The zero-order valence-corrected chi connectivity index (χ0v) is 12.8. The third-order valence-corrected chi connectivity index (χ3v) is 3.45. The van der Waals surface area contributed by atoms with Gasteiger partial charge in [0.2, 0.25) is 0 Å². The molecule has 0 saturated carbocycles. The summed E-state index contributed by atoms with van der Waals surface area (Å²) in [6.45, 7) is 2.76. The van der Waals surface area contributed by atoms with Crippen LogP contribution in [-0.2, 0) is 16.0 Å². The Balaban J connectivity index is 1.92. The molecule has 1 aromatic carbocycles. The van der Waals surface area contributed by atoms with Crippen molar-refractivity contribution in [2.75, 3.05) is 6.61 Å². The lowest BCUT2D eigenvalue weighted by molar-refractivity contribution is -0.143. The summed E-state index contributed by atoms with van der Waals surface area (Å²) in [6, 6.07) is 10.3. The average Bonchev–Trinajstić information content (AvgIpc) is 2.48. The second-order valence-electron chi connectivity index (χ2n) is 5.33. The number of unbranched alkanes of at least 4 members (excludes halogenated alkanes) is 5. The number of esters is 1. The number of aryl methyl sites for hydroxylation is 1. The fourth-order valence-electron chi connectivity index (χ4n) is 2.23. The number of rotatable bonds is 11. The monoisotopic (exact) mass is 276 g/mol. The van der Waals surface area contributed by atoms with Crippen LogP contribution in [0.15, 0.2) is 30.3 Å². The maximum absolute atomic E-state index is 11.5. The summed E-state index contributed by atoms with van der Waals surface area (Å²) >= 11 is 0. The third-order valence-electron chi connectivity index (χ3n) is 3.45. The number of ether oxygens (including phenoxy) is 1. The van der Waals surface area contributed by atoms with E-state index in [0.29, 0.717) is 13.0 Å². The van der Waals surface area contributed by atoms with Gasteiger partial charge < -0.3 is 4.74 Å². The van der Waals surface area contributed by atoms with E-state index in [1.807, 2.05) is 18.2 Å². The largest absolute Gasteiger partial charge is 0.466 e. The van der Waals surface area contributed by atoms with Crippen molar-refractivity contribution in [2.45, 2.75) is 64.7 Å². The smallest absolute Gasteiger partial charge is 0.305 e. The number of carbonyl (C=O) groups is 1. The van der Waals surface area contributed by atoms with Gasteiger partial charge in [0, 0.05) is 6.42 Å². The van der Waals surface area contributed by atoms with E-state index in [4.69, 9.17) is 4.74 Å².